The number of amides is 1. The fourth-order valence-electron chi connectivity index (χ4n) is 3.04. The van der Waals surface area contributed by atoms with Crippen molar-refractivity contribution in [2.45, 2.75) is 53.0 Å². The Labute approximate surface area is 154 Å². The molecule has 136 valence electrons. The summed E-state index contributed by atoms with van der Waals surface area (Å²) in [5, 5.41) is 8.31. The highest BCUT2D eigenvalue weighted by Gasteiger charge is 2.19. The van der Waals surface area contributed by atoms with Crippen molar-refractivity contribution in [1.82, 2.24) is 14.8 Å². The van der Waals surface area contributed by atoms with Crippen molar-refractivity contribution in [2.24, 2.45) is 0 Å². The van der Waals surface area contributed by atoms with Crippen LogP contribution in [0.4, 0.5) is 5.69 Å². The van der Waals surface area contributed by atoms with E-state index in [-0.39, 0.29) is 17.9 Å². The van der Waals surface area contributed by atoms with Crippen LogP contribution in [-0.4, -0.2) is 20.7 Å². The molecule has 0 aliphatic heterocycles. The zero-order chi connectivity index (χ0) is 18.8. The lowest BCUT2D eigenvalue weighted by molar-refractivity contribution is 0.102. The molecule has 26 heavy (non-hydrogen) atoms. The van der Waals surface area contributed by atoms with Crippen LogP contribution in [0.2, 0.25) is 0 Å². The maximum Gasteiger partial charge on any atom is 0.256 e. The largest absolute Gasteiger partial charge is 0.322 e. The molecule has 0 atom stereocenters. The molecule has 1 aromatic carbocycles. The van der Waals surface area contributed by atoms with E-state index in [0.29, 0.717) is 5.56 Å². The summed E-state index contributed by atoms with van der Waals surface area (Å²) in [5.41, 5.74) is 4.26. The lowest BCUT2D eigenvalue weighted by Gasteiger charge is -2.13. The Bertz CT molecular complexity index is 940. The van der Waals surface area contributed by atoms with Gasteiger partial charge < -0.3 is 5.32 Å². The highest BCUT2D eigenvalue weighted by atomic mass is 16.1. The predicted molar refractivity (Wildman–Crippen MR) is 106 cm³/mol. The molecule has 5 nitrogen and oxygen atoms in total. The molecule has 0 aliphatic rings. The van der Waals surface area contributed by atoms with Gasteiger partial charge in [-0.25, -0.2) is 9.67 Å². The van der Waals surface area contributed by atoms with E-state index in [4.69, 9.17) is 4.98 Å². The molecule has 0 saturated heterocycles. The van der Waals surface area contributed by atoms with Gasteiger partial charge in [-0.1, -0.05) is 39.0 Å². The van der Waals surface area contributed by atoms with Crippen LogP contribution in [0.5, 0.6) is 0 Å². The number of hydrogen-bond acceptors (Lipinski definition) is 3. The molecule has 0 aliphatic carbocycles. The molecular formula is C21H26N4O. The molecule has 0 unspecified atom stereocenters. The van der Waals surface area contributed by atoms with Crippen molar-refractivity contribution >= 4 is 22.6 Å². The third-order valence-corrected chi connectivity index (χ3v) is 4.56. The third-order valence-electron chi connectivity index (χ3n) is 4.56. The van der Waals surface area contributed by atoms with Crippen molar-refractivity contribution in [2.75, 3.05) is 5.32 Å². The quantitative estimate of drug-likeness (QED) is 0.708. The molecule has 3 rings (SSSR count). The minimum Gasteiger partial charge on any atom is -0.322 e. The van der Waals surface area contributed by atoms with E-state index >= 15 is 0 Å². The molecule has 5 heteroatoms. The van der Waals surface area contributed by atoms with E-state index in [1.807, 2.05) is 35.0 Å². The average Bonchev–Trinajstić information content (AvgIpc) is 3.05. The molecule has 0 saturated carbocycles. The van der Waals surface area contributed by atoms with Gasteiger partial charge in [-0.3, -0.25) is 4.79 Å². The van der Waals surface area contributed by atoms with E-state index in [9.17, 15) is 4.79 Å². The number of benzene rings is 1. The van der Waals surface area contributed by atoms with Gasteiger partial charge >= 0.3 is 0 Å². The molecule has 0 radical (unpaired) electrons. The second-order valence-electron chi connectivity index (χ2n) is 7.13. The number of anilines is 1. The van der Waals surface area contributed by atoms with E-state index in [1.54, 1.807) is 6.20 Å². The number of fused-ring (bicyclic) bond motifs is 1. The first-order valence-corrected chi connectivity index (χ1v) is 9.19. The van der Waals surface area contributed by atoms with Crippen LogP contribution in [0.25, 0.3) is 11.0 Å². The monoisotopic (exact) mass is 350 g/mol. The number of para-hydroxylation sites is 1. The van der Waals surface area contributed by atoms with E-state index in [0.717, 1.165) is 34.4 Å². The first kappa shape index (κ1) is 18.1. The Morgan fingerprint density at radius 2 is 1.92 bits per heavy atom. The highest BCUT2D eigenvalue weighted by molar-refractivity contribution is 6.12. The minimum atomic E-state index is -0.122. The first-order valence-electron chi connectivity index (χ1n) is 9.19. The number of nitrogens with zero attached hydrogens (tertiary/aromatic N) is 3. The van der Waals surface area contributed by atoms with E-state index < -0.39 is 0 Å². The molecule has 0 spiro atoms. The fraction of sp³-hybridized carbons (Fsp3) is 0.381. The third kappa shape index (κ3) is 3.34. The molecule has 2 heterocycles. The van der Waals surface area contributed by atoms with Gasteiger partial charge in [0.25, 0.3) is 5.91 Å². The van der Waals surface area contributed by atoms with Crippen molar-refractivity contribution in [3.8, 4) is 0 Å². The van der Waals surface area contributed by atoms with Crippen LogP contribution in [0.15, 0.2) is 36.5 Å². The Hall–Kier alpha value is -2.69. The summed E-state index contributed by atoms with van der Waals surface area (Å²) in [4.78, 5) is 17.8. The number of hydrogen-bond donors (Lipinski definition) is 1. The average molecular weight is 350 g/mol. The Morgan fingerprint density at radius 1 is 1.19 bits per heavy atom. The Balaban J connectivity index is 2.09. The maximum atomic E-state index is 13.1. The number of rotatable bonds is 5. The summed E-state index contributed by atoms with van der Waals surface area (Å²) in [6.45, 7) is 10.4. The molecule has 0 fully saturated rings. The second-order valence-corrected chi connectivity index (χ2v) is 7.13. The van der Waals surface area contributed by atoms with Crippen molar-refractivity contribution in [3.63, 3.8) is 0 Å². The molecule has 3 aromatic rings. The van der Waals surface area contributed by atoms with Gasteiger partial charge in [0.05, 0.1) is 17.1 Å². The normalized spacial score (nSPS) is 11.5. The minimum absolute atomic E-state index is 0.122. The predicted octanol–water partition coefficient (Wildman–Crippen LogP) is 4.95. The van der Waals surface area contributed by atoms with Crippen LogP contribution in [0.1, 0.15) is 68.2 Å². The van der Waals surface area contributed by atoms with Crippen LogP contribution in [-0.2, 0) is 6.42 Å². The molecule has 1 N–H and O–H groups in total. The summed E-state index contributed by atoms with van der Waals surface area (Å²) in [7, 11) is 0. The van der Waals surface area contributed by atoms with Crippen LogP contribution in [0, 0.1) is 0 Å². The van der Waals surface area contributed by atoms with Gasteiger partial charge in [0.1, 0.15) is 0 Å². The van der Waals surface area contributed by atoms with E-state index in [2.05, 4.69) is 45.0 Å². The highest BCUT2D eigenvalue weighted by Crippen LogP contribution is 2.25. The molecule has 1 amide bonds. The Kier molecular flexibility index (Phi) is 5.07. The van der Waals surface area contributed by atoms with Gasteiger partial charge in [0.15, 0.2) is 5.65 Å². The van der Waals surface area contributed by atoms with Gasteiger partial charge in [-0.15, -0.1) is 0 Å². The van der Waals surface area contributed by atoms with Crippen molar-refractivity contribution < 1.29 is 4.79 Å². The fourth-order valence-corrected chi connectivity index (χ4v) is 3.04. The lowest BCUT2D eigenvalue weighted by Crippen LogP contribution is -2.15. The summed E-state index contributed by atoms with van der Waals surface area (Å²) < 4.78 is 1.87. The Morgan fingerprint density at radius 3 is 2.58 bits per heavy atom. The maximum absolute atomic E-state index is 13.1. The number of carbonyl (C=O) groups is 1. The molecule has 2 aromatic heterocycles. The van der Waals surface area contributed by atoms with Crippen LogP contribution >= 0.6 is 0 Å². The van der Waals surface area contributed by atoms with Crippen LogP contribution in [0.3, 0.4) is 0 Å². The topological polar surface area (TPSA) is 59.8 Å². The summed E-state index contributed by atoms with van der Waals surface area (Å²) >= 11 is 0. The van der Waals surface area contributed by atoms with Gasteiger partial charge in [0, 0.05) is 17.4 Å². The number of nitrogens with one attached hydrogen (secondary N) is 1. The van der Waals surface area contributed by atoms with Crippen molar-refractivity contribution in [3.05, 3.63) is 53.3 Å². The zero-order valence-corrected chi connectivity index (χ0v) is 16.1. The SMILES string of the molecule is CCc1ccccc1NC(=O)c1cc(C(C)C)nc2c1cnn2C(C)C. The van der Waals surface area contributed by atoms with E-state index in [1.165, 1.54) is 0 Å². The number of pyridine rings is 1. The lowest BCUT2D eigenvalue weighted by atomic mass is 10.0. The second kappa shape index (κ2) is 7.28. The summed E-state index contributed by atoms with van der Waals surface area (Å²) in [6, 6.07) is 9.97. The number of aryl methyl sites for hydroxylation is 1. The van der Waals surface area contributed by atoms with Gasteiger partial charge in [0.2, 0.25) is 0 Å². The van der Waals surface area contributed by atoms with Gasteiger partial charge in [-0.05, 0) is 43.9 Å². The summed E-state index contributed by atoms with van der Waals surface area (Å²) in [6.07, 6.45) is 2.61. The zero-order valence-electron chi connectivity index (χ0n) is 16.1. The van der Waals surface area contributed by atoms with Gasteiger partial charge in [-0.2, -0.15) is 5.10 Å². The summed E-state index contributed by atoms with van der Waals surface area (Å²) in [5.74, 6) is 0.105. The smallest absolute Gasteiger partial charge is 0.256 e. The first-order chi connectivity index (χ1) is 12.4. The number of aromatic nitrogens is 3. The molecule has 0 bridgehead atoms. The molecular weight excluding hydrogens is 324 g/mol. The standard InChI is InChI=1S/C21H26N4O/c1-6-15-9-7-8-10-18(15)24-21(26)16-11-19(13(2)3)23-20-17(16)12-22-25(20)14(4)5/h7-14H,6H2,1-5H3,(H,24,26). The van der Waals surface area contributed by atoms with Crippen LogP contribution < -0.4 is 5.32 Å². The van der Waals surface area contributed by atoms with Crippen molar-refractivity contribution in [1.29, 1.82) is 0 Å². The number of carbonyl (C=O) groups excluding carboxylic acids is 1.